The number of rotatable bonds is 6. The first-order chi connectivity index (χ1) is 17.0. The largest absolute Gasteiger partial charge is 0.505 e. The van der Waals surface area contributed by atoms with Crippen molar-refractivity contribution in [1.29, 1.82) is 0 Å². The van der Waals surface area contributed by atoms with E-state index in [0.717, 1.165) is 11.3 Å². The fraction of sp³-hybridized carbons (Fsp3) is 0.0357. The number of carboxylic acid groups (broad SMARTS) is 1. The monoisotopic (exact) mass is 463 g/mol. The molecule has 0 saturated carbocycles. The van der Waals surface area contributed by atoms with Gasteiger partial charge >= 0.3 is 5.97 Å². The van der Waals surface area contributed by atoms with Crippen LogP contribution in [0.3, 0.4) is 0 Å². The van der Waals surface area contributed by atoms with Crippen LogP contribution in [-0.2, 0) is 11.3 Å². The number of benzene rings is 4. The number of phenolic OH excluding ortho intramolecular Hbond substituents is 1. The van der Waals surface area contributed by atoms with E-state index < -0.39 is 5.97 Å². The van der Waals surface area contributed by atoms with Crippen LogP contribution in [0.2, 0.25) is 0 Å². The van der Waals surface area contributed by atoms with Gasteiger partial charge < -0.3 is 15.1 Å². The number of hydrogen-bond acceptors (Lipinski definition) is 5. The molecule has 0 fully saturated rings. The number of nitrogens with one attached hydrogen (secondary N) is 1. The molecule has 0 unspecified atom stereocenters. The van der Waals surface area contributed by atoms with Crippen molar-refractivity contribution in [3.8, 4) is 16.9 Å². The van der Waals surface area contributed by atoms with Crippen LogP contribution in [0.25, 0.3) is 11.1 Å². The summed E-state index contributed by atoms with van der Waals surface area (Å²) >= 11 is 0. The van der Waals surface area contributed by atoms with E-state index in [1.54, 1.807) is 35.2 Å². The normalized spacial score (nSPS) is 13.7. The Bertz CT molecular complexity index is 1460. The van der Waals surface area contributed by atoms with Crippen molar-refractivity contribution in [2.45, 2.75) is 6.54 Å². The molecule has 5 rings (SSSR count). The molecule has 1 heterocycles. The van der Waals surface area contributed by atoms with Gasteiger partial charge in [-0.05, 0) is 35.4 Å². The third-order valence-corrected chi connectivity index (χ3v) is 5.83. The topological polar surface area (TPSA) is 102 Å². The molecule has 1 aliphatic heterocycles. The van der Waals surface area contributed by atoms with Crippen molar-refractivity contribution in [3.63, 3.8) is 0 Å². The summed E-state index contributed by atoms with van der Waals surface area (Å²) in [4.78, 5) is 26.3. The van der Waals surface area contributed by atoms with Gasteiger partial charge in [0.05, 0.1) is 23.5 Å². The van der Waals surface area contributed by atoms with E-state index in [-0.39, 0.29) is 22.9 Å². The van der Waals surface area contributed by atoms with Crippen LogP contribution in [0.1, 0.15) is 21.5 Å². The van der Waals surface area contributed by atoms with Crippen molar-refractivity contribution in [1.82, 2.24) is 0 Å². The Morgan fingerprint density at radius 1 is 0.857 bits per heavy atom. The van der Waals surface area contributed by atoms with Gasteiger partial charge in [-0.2, -0.15) is 5.10 Å². The number of nitrogens with zero attached hydrogens (tertiary/aromatic N) is 2. The van der Waals surface area contributed by atoms with E-state index in [2.05, 4.69) is 10.5 Å². The van der Waals surface area contributed by atoms with Gasteiger partial charge in [-0.3, -0.25) is 10.2 Å². The quantitative estimate of drug-likeness (QED) is 0.272. The highest BCUT2D eigenvalue weighted by atomic mass is 16.4. The molecule has 4 aromatic carbocycles. The maximum atomic E-state index is 13.3. The van der Waals surface area contributed by atoms with Crippen LogP contribution in [0, 0.1) is 0 Å². The lowest BCUT2D eigenvalue weighted by atomic mass is 10.0. The van der Waals surface area contributed by atoms with E-state index in [1.807, 2.05) is 54.6 Å². The average molecular weight is 463 g/mol. The van der Waals surface area contributed by atoms with E-state index in [9.17, 15) is 19.8 Å². The Morgan fingerprint density at radius 3 is 2.37 bits per heavy atom. The maximum absolute atomic E-state index is 13.3. The predicted molar refractivity (Wildman–Crippen MR) is 135 cm³/mol. The first kappa shape index (κ1) is 21.9. The molecule has 1 amide bonds. The Morgan fingerprint density at radius 2 is 1.57 bits per heavy atom. The van der Waals surface area contributed by atoms with Gasteiger partial charge in [0.2, 0.25) is 0 Å². The van der Waals surface area contributed by atoms with Crippen molar-refractivity contribution in [2.24, 2.45) is 5.10 Å². The summed E-state index contributed by atoms with van der Waals surface area (Å²) in [6.45, 7) is 0.413. The molecule has 0 bridgehead atoms. The molecule has 0 spiro atoms. The molecule has 172 valence electrons. The minimum absolute atomic E-state index is 0.0979. The molecular formula is C28H21N3O4. The summed E-state index contributed by atoms with van der Waals surface area (Å²) in [5.74, 6) is -1.39. The zero-order chi connectivity index (χ0) is 24.4. The van der Waals surface area contributed by atoms with Crippen molar-refractivity contribution >= 4 is 29.0 Å². The average Bonchev–Trinajstić information content (AvgIpc) is 3.14. The zero-order valence-electron chi connectivity index (χ0n) is 18.6. The Balaban J connectivity index is 1.46. The fourth-order valence-corrected chi connectivity index (χ4v) is 4.10. The predicted octanol–water partition coefficient (Wildman–Crippen LogP) is 5.12. The van der Waals surface area contributed by atoms with Crippen LogP contribution < -0.4 is 10.3 Å². The second-order valence-corrected chi connectivity index (χ2v) is 8.05. The Kier molecular flexibility index (Phi) is 5.73. The number of hydrazone groups is 1. The van der Waals surface area contributed by atoms with Crippen LogP contribution in [0.5, 0.6) is 5.75 Å². The summed E-state index contributed by atoms with van der Waals surface area (Å²) < 4.78 is 0. The van der Waals surface area contributed by atoms with Gasteiger partial charge in [-0.1, -0.05) is 72.8 Å². The molecule has 0 saturated heterocycles. The number of phenols is 1. The summed E-state index contributed by atoms with van der Waals surface area (Å²) in [5, 5.41) is 24.5. The first-order valence-corrected chi connectivity index (χ1v) is 11.0. The van der Waals surface area contributed by atoms with Crippen LogP contribution >= 0.6 is 0 Å². The van der Waals surface area contributed by atoms with Crippen molar-refractivity contribution in [3.05, 3.63) is 114 Å². The molecule has 35 heavy (non-hydrogen) atoms. The smallest absolute Gasteiger partial charge is 0.335 e. The van der Waals surface area contributed by atoms with Gasteiger partial charge in [0.1, 0.15) is 5.75 Å². The minimum Gasteiger partial charge on any atom is -0.505 e. The van der Waals surface area contributed by atoms with Gasteiger partial charge in [-0.15, -0.1) is 0 Å². The number of para-hydroxylation sites is 2. The lowest BCUT2D eigenvalue weighted by Gasteiger charge is -2.16. The van der Waals surface area contributed by atoms with E-state index in [4.69, 9.17) is 0 Å². The lowest BCUT2D eigenvalue weighted by molar-refractivity contribution is -0.112. The third-order valence-electron chi connectivity index (χ3n) is 5.83. The highest BCUT2D eigenvalue weighted by Crippen LogP contribution is 2.36. The van der Waals surface area contributed by atoms with Gasteiger partial charge in [0.25, 0.3) is 5.91 Å². The molecule has 0 atom stereocenters. The van der Waals surface area contributed by atoms with E-state index in [1.165, 1.54) is 12.1 Å². The zero-order valence-corrected chi connectivity index (χ0v) is 18.6. The molecule has 3 N–H and O–H groups in total. The molecule has 0 aromatic heterocycles. The third kappa shape index (κ3) is 4.22. The van der Waals surface area contributed by atoms with Crippen molar-refractivity contribution in [2.75, 3.05) is 10.3 Å². The summed E-state index contributed by atoms with van der Waals surface area (Å²) in [6, 6.07) is 28.5. The van der Waals surface area contributed by atoms with Crippen LogP contribution in [0.4, 0.5) is 11.4 Å². The molecular weight excluding hydrogens is 442 g/mol. The maximum Gasteiger partial charge on any atom is 0.335 e. The van der Waals surface area contributed by atoms with Crippen molar-refractivity contribution < 1.29 is 19.8 Å². The minimum atomic E-state index is -1.05. The number of anilines is 2. The van der Waals surface area contributed by atoms with Gasteiger partial charge in [0, 0.05) is 11.1 Å². The lowest BCUT2D eigenvalue weighted by Crippen LogP contribution is -2.30. The van der Waals surface area contributed by atoms with E-state index >= 15 is 0 Å². The molecule has 1 aliphatic rings. The number of fused-ring (bicyclic) bond motifs is 1. The van der Waals surface area contributed by atoms with Gasteiger partial charge in [0.15, 0.2) is 5.71 Å². The number of amides is 1. The summed E-state index contributed by atoms with van der Waals surface area (Å²) in [6.07, 6.45) is 0. The molecule has 0 aliphatic carbocycles. The summed E-state index contributed by atoms with van der Waals surface area (Å²) in [5.41, 5.74) is 6.95. The number of aromatic hydroxyl groups is 1. The second-order valence-electron chi connectivity index (χ2n) is 8.05. The molecule has 7 nitrogen and oxygen atoms in total. The SMILES string of the molecule is O=C(O)c1cccc(-c2cccc(N/N=C3\C(=O)N(Cc4ccccc4)c4ccccc43)c2O)c1. The fourth-order valence-electron chi connectivity index (χ4n) is 4.10. The molecule has 0 radical (unpaired) electrons. The Hall–Kier alpha value is -4.91. The van der Waals surface area contributed by atoms with Gasteiger partial charge in [-0.25, -0.2) is 4.79 Å². The highest BCUT2D eigenvalue weighted by Gasteiger charge is 2.34. The molecule has 4 aromatic rings. The highest BCUT2D eigenvalue weighted by molar-refractivity contribution is 6.54. The van der Waals surface area contributed by atoms with Crippen LogP contribution in [-0.4, -0.2) is 27.8 Å². The number of carbonyl (C=O) groups is 2. The van der Waals surface area contributed by atoms with E-state index in [0.29, 0.717) is 28.9 Å². The second kappa shape index (κ2) is 9.15. The number of aromatic carboxylic acids is 1. The Labute approximate surface area is 201 Å². The standard InChI is InChI=1S/C28H21N3O4/c32-26-21(19-10-6-11-20(16-19)28(34)35)13-7-14-23(26)29-30-25-22-12-4-5-15-24(22)31(27(25)33)17-18-8-2-1-3-9-18/h1-16,29,32H,17H2,(H,34,35)/b30-25-. The summed E-state index contributed by atoms with van der Waals surface area (Å²) in [7, 11) is 0. The number of carboxylic acids is 1. The van der Waals surface area contributed by atoms with Crippen LogP contribution in [0.15, 0.2) is 102 Å². The number of carbonyl (C=O) groups excluding carboxylic acids is 1. The first-order valence-electron chi connectivity index (χ1n) is 11.0. The number of hydrogen-bond donors (Lipinski definition) is 3. The molecule has 7 heteroatoms.